The predicted molar refractivity (Wildman–Crippen MR) is 86.7 cm³/mol. The fourth-order valence-electron chi connectivity index (χ4n) is 2.37. The molecule has 1 amide bonds. The third-order valence-electron chi connectivity index (χ3n) is 3.75. The van der Waals surface area contributed by atoms with Crippen molar-refractivity contribution in [1.82, 2.24) is 5.32 Å². The van der Waals surface area contributed by atoms with Gasteiger partial charge in [0.1, 0.15) is 13.1 Å². The van der Waals surface area contributed by atoms with Gasteiger partial charge in [0.2, 0.25) is 5.91 Å². The molecule has 0 aromatic heterocycles. The Kier molecular flexibility index (Phi) is 7.06. The molecule has 0 spiro atoms. The molecule has 1 heterocycles. The Morgan fingerprint density at radius 1 is 1.33 bits per heavy atom. The first-order valence-corrected chi connectivity index (χ1v) is 8.71. The van der Waals surface area contributed by atoms with Crippen molar-refractivity contribution in [3.05, 3.63) is 35.4 Å². The highest BCUT2D eigenvalue weighted by Gasteiger charge is 2.13. The van der Waals surface area contributed by atoms with Crippen LogP contribution in [0.5, 0.6) is 0 Å². The van der Waals surface area contributed by atoms with Crippen LogP contribution in [0.2, 0.25) is 0 Å². The molecule has 1 fully saturated rings. The summed E-state index contributed by atoms with van der Waals surface area (Å²) in [6.45, 7) is 7.67. The fourth-order valence-corrected chi connectivity index (χ4v) is 3.30. The summed E-state index contributed by atoms with van der Waals surface area (Å²) in [6, 6.07) is 8.33. The zero-order valence-corrected chi connectivity index (χ0v) is 13.5. The molecule has 1 saturated heterocycles. The van der Waals surface area contributed by atoms with E-state index in [2.05, 4.69) is 24.4 Å². The number of hydrogen-bond acceptors (Lipinski definition) is 3. The number of hydrogen-bond donors (Lipinski definition) is 2. The molecular formula is C16H25N2O2S+. The summed E-state index contributed by atoms with van der Waals surface area (Å²) in [5.74, 6) is 1.57. The van der Waals surface area contributed by atoms with Crippen LogP contribution in [0.1, 0.15) is 11.1 Å². The summed E-state index contributed by atoms with van der Waals surface area (Å²) < 4.78 is 5.32. The number of carbonyl (C=O) groups excluding carboxylic acids is 1. The zero-order valence-electron chi connectivity index (χ0n) is 12.7. The topological polar surface area (TPSA) is 42.8 Å². The van der Waals surface area contributed by atoms with Gasteiger partial charge in [-0.05, 0) is 18.1 Å². The molecule has 0 saturated carbocycles. The van der Waals surface area contributed by atoms with Crippen LogP contribution in [-0.2, 0) is 15.3 Å². The van der Waals surface area contributed by atoms with E-state index in [0.717, 1.165) is 45.1 Å². The lowest BCUT2D eigenvalue weighted by Crippen LogP contribution is -3.14. The van der Waals surface area contributed by atoms with Crippen LogP contribution >= 0.6 is 11.8 Å². The maximum atomic E-state index is 11.8. The lowest BCUT2D eigenvalue weighted by molar-refractivity contribution is -0.906. The number of amides is 1. The normalized spacial score (nSPS) is 15.9. The molecule has 2 N–H and O–H groups in total. The molecule has 2 rings (SSSR count). The molecule has 1 aliphatic rings. The molecule has 21 heavy (non-hydrogen) atoms. The number of rotatable bonds is 7. The minimum atomic E-state index is 0.140. The minimum absolute atomic E-state index is 0.140. The molecule has 4 nitrogen and oxygen atoms in total. The number of morpholine rings is 1. The molecule has 1 aromatic carbocycles. The Bertz CT molecular complexity index is 448. The molecule has 0 radical (unpaired) electrons. The third-order valence-corrected chi connectivity index (χ3v) is 4.73. The Morgan fingerprint density at radius 3 is 2.86 bits per heavy atom. The first-order valence-electron chi connectivity index (χ1n) is 7.56. The van der Waals surface area contributed by atoms with Crippen LogP contribution in [-0.4, -0.2) is 51.1 Å². The van der Waals surface area contributed by atoms with Crippen molar-refractivity contribution in [2.45, 2.75) is 12.7 Å². The van der Waals surface area contributed by atoms with Crippen LogP contribution in [0.25, 0.3) is 0 Å². The van der Waals surface area contributed by atoms with Gasteiger partial charge in [-0.2, -0.15) is 0 Å². The summed E-state index contributed by atoms with van der Waals surface area (Å²) in [6.07, 6.45) is 0. The standard InChI is InChI=1S/C16H24N2O2S/c1-14-4-2-3-5-15(14)12-21-13-16(19)17-6-7-18-8-10-20-11-9-18/h2-5H,6-13H2,1H3,(H,17,19)/p+1. The molecule has 116 valence electrons. The largest absolute Gasteiger partial charge is 0.370 e. The highest BCUT2D eigenvalue weighted by Crippen LogP contribution is 2.15. The second-order valence-corrected chi connectivity index (χ2v) is 6.37. The van der Waals surface area contributed by atoms with E-state index < -0.39 is 0 Å². The second-order valence-electron chi connectivity index (χ2n) is 5.38. The Balaban J connectivity index is 1.56. The lowest BCUT2D eigenvalue weighted by atomic mass is 10.1. The highest BCUT2D eigenvalue weighted by atomic mass is 32.2. The van der Waals surface area contributed by atoms with E-state index in [9.17, 15) is 4.79 Å². The van der Waals surface area contributed by atoms with Crippen molar-refractivity contribution in [3.8, 4) is 0 Å². The Hall–Kier alpha value is -1.04. The fraction of sp³-hybridized carbons (Fsp3) is 0.562. The molecule has 1 aliphatic heterocycles. The number of aryl methyl sites for hydroxylation is 1. The van der Waals surface area contributed by atoms with Crippen LogP contribution < -0.4 is 10.2 Å². The zero-order chi connectivity index (χ0) is 14.9. The minimum Gasteiger partial charge on any atom is -0.370 e. The molecule has 1 aromatic rings. The summed E-state index contributed by atoms with van der Waals surface area (Å²) in [5, 5.41) is 3.01. The van der Waals surface area contributed by atoms with Gasteiger partial charge in [0.15, 0.2) is 0 Å². The molecule has 0 atom stereocenters. The first kappa shape index (κ1) is 16.3. The number of nitrogens with one attached hydrogen (secondary N) is 2. The summed E-state index contributed by atoms with van der Waals surface area (Å²) in [5.41, 5.74) is 2.61. The number of benzene rings is 1. The van der Waals surface area contributed by atoms with Crippen LogP contribution in [0.3, 0.4) is 0 Å². The molecule has 0 aliphatic carbocycles. The molecule has 0 unspecified atom stereocenters. The average Bonchev–Trinajstić information content (AvgIpc) is 2.50. The smallest absolute Gasteiger partial charge is 0.230 e. The number of carbonyl (C=O) groups is 1. The van der Waals surface area contributed by atoms with Crippen LogP contribution in [0.15, 0.2) is 24.3 Å². The van der Waals surface area contributed by atoms with Gasteiger partial charge in [0.25, 0.3) is 0 Å². The quantitative estimate of drug-likeness (QED) is 0.759. The van der Waals surface area contributed by atoms with E-state index in [1.54, 1.807) is 11.8 Å². The van der Waals surface area contributed by atoms with E-state index in [0.29, 0.717) is 5.75 Å². The van der Waals surface area contributed by atoms with Crippen molar-refractivity contribution in [2.24, 2.45) is 0 Å². The van der Waals surface area contributed by atoms with Crippen molar-refractivity contribution in [2.75, 3.05) is 45.1 Å². The maximum Gasteiger partial charge on any atom is 0.230 e. The van der Waals surface area contributed by atoms with Crippen molar-refractivity contribution in [1.29, 1.82) is 0 Å². The van der Waals surface area contributed by atoms with E-state index in [-0.39, 0.29) is 5.91 Å². The number of thioether (sulfide) groups is 1. The molecular weight excluding hydrogens is 284 g/mol. The van der Waals surface area contributed by atoms with Gasteiger partial charge in [-0.15, -0.1) is 11.8 Å². The number of ether oxygens (including phenoxy) is 1. The Labute approximate surface area is 131 Å². The van der Waals surface area contributed by atoms with Crippen molar-refractivity contribution >= 4 is 17.7 Å². The van der Waals surface area contributed by atoms with E-state index >= 15 is 0 Å². The van der Waals surface area contributed by atoms with Gasteiger partial charge < -0.3 is 15.0 Å². The second kappa shape index (κ2) is 9.07. The van der Waals surface area contributed by atoms with Crippen molar-refractivity contribution in [3.63, 3.8) is 0 Å². The summed E-state index contributed by atoms with van der Waals surface area (Å²) in [4.78, 5) is 13.3. The molecule has 5 heteroatoms. The number of quaternary nitrogens is 1. The summed E-state index contributed by atoms with van der Waals surface area (Å²) >= 11 is 1.68. The van der Waals surface area contributed by atoms with Gasteiger partial charge in [-0.1, -0.05) is 24.3 Å². The van der Waals surface area contributed by atoms with E-state index in [1.165, 1.54) is 16.0 Å². The molecule has 0 bridgehead atoms. The monoisotopic (exact) mass is 309 g/mol. The van der Waals surface area contributed by atoms with Gasteiger partial charge in [0.05, 0.1) is 32.1 Å². The van der Waals surface area contributed by atoms with Gasteiger partial charge >= 0.3 is 0 Å². The van der Waals surface area contributed by atoms with Crippen LogP contribution in [0.4, 0.5) is 0 Å². The van der Waals surface area contributed by atoms with Gasteiger partial charge in [0, 0.05) is 5.75 Å². The Morgan fingerprint density at radius 2 is 2.10 bits per heavy atom. The lowest BCUT2D eigenvalue weighted by Gasteiger charge is -2.23. The van der Waals surface area contributed by atoms with Gasteiger partial charge in [-0.3, -0.25) is 4.79 Å². The predicted octanol–water partition coefficient (Wildman–Crippen LogP) is 0.260. The SMILES string of the molecule is Cc1ccccc1CSCC(=O)NCC[NH+]1CCOCC1. The highest BCUT2D eigenvalue weighted by molar-refractivity contribution is 7.99. The summed E-state index contributed by atoms with van der Waals surface area (Å²) in [7, 11) is 0. The van der Waals surface area contributed by atoms with Crippen molar-refractivity contribution < 1.29 is 14.4 Å². The van der Waals surface area contributed by atoms with E-state index in [1.807, 2.05) is 12.1 Å². The van der Waals surface area contributed by atoms with Gasteiger partial charge in [-0.25, -0.2) is 0 Å². The van der Waals surface area contributed by atoms with E-state index in [4.69, 9.17) is 4.74 Å². The first-order chi connectivity index (χ1) is 10.3. The van der Waals surface area contributed by atoms with Crippen LogP contribution in [0, 0.1) is 6.92 Å². The average molecular weight is 309 g/mol. The third kappa shape index (κ3) is 6.08. The maximum absolute atomic E-state index is 11.8.